The number of thioether (sulfide) groups is 1. The summed E-state index contributed by atoms with van der Waals surface area (Å²) in [6, 6.07) is 0. The van der Waals surface area contributed by atoms with Gasteiger partial charge in [-0.1, -0.05) is 11.3 Å². The van der Waals surface area contributed by atoms with Crippen molar-refractivity contribution in [3.8, 4) is 0 Å². The van der Waals surface area contributed by atoms with Crippen molar-refractivity contribution in [2.24, 2.45) is 0 Å². The molecule has 4 N–H and O–H groups in total. The number of aromatic nitrogens is 1. The van der Waals surface area contributed by atoms with Crippen LogP contribution in [0.25, 0.3) is 0 Å². The Kier molecular flexibility index (Phi) is 6.59. The molecule has 0 unspecified atom stereocenters. The maximum absolute atomic E-state index is 12.1. The van der Waals surface area contributed by atoms with Crippen LogP contribution in [-0.4, -0.2) is 53.7 Å². The molecule has 1 fully saturated rings. The van der Waals surface area contributed by atoms with Crippen LogP contribution in [0.15, 0.2) is 0 Å². The molecule has 1 saturated heterocycles. The van der Waals surface area contributed by atoms with E-state index in [1.807, 2.05) is 0 Å². The second-order valence-corrected chi connectivity index (χ2v) is 7.05. The lowest BCUT2D eigenvalue weighted by Gasteiger charge is -2.11. The largest absolute Gasteiger partial charge is 0.396 e. The van der Waals surface area contributed by atoms with Crippen molar-refractivity contribution in [3.05, 3.63) is 4.88 Å². The van der Waals surface area contributed by atoms with Gasteiger partial charge < -0.3 is 21.1 Å². The Morgan fingerprint density at radius 1 is 1.43 bits per heavy atom. The van der Waals surface area contributed by atoms with Crippen molar-refractivity contribution in [2.75, 3.05) is 48.4 Å². The maximum Gasteiger partial charge on any atom is 0.265 e. The molecule has 1 aromatic heterocycles. The van der Waals surface area contributed by atoms with Crippen molar-refractivity contribution in [1.29, 1.82) is 0 Å². The van der Waals surface area contributed by atoms with Crippen molar-refractivity contribution < 1.29 is 9.90 Å². The van der Waals surface area contributed by atoms with E-state index in [0.717, 1.165) is 36.1 Å². The van der Waals surface area contributed by atoms with Crippen LogP contribution in [0.2, 0.25) is 0 Å². The molecule has 0 aliphatic carbocycles. The van der Waals surface area contributed by atoms with Gasteiger partial charge in [0.15, 0.2) is 5.13 Å². The first kappa shape index (κ1) is 16.4. The Morgan fingerprint density at radius 2 is 2.19 bits per heavy atom. The molecular formula is C13H22N4O2S2. The first-order chi connectivity index (χ1) is 10.2. The molecule has 1 aliphatic heterocycles. The summed E-state index contributed by atoms with van der Waals surface area (Å²) < 4.78 is 0. The molecular weight excluding hydrogens is 308 g/mol. The highest BCUT2D eigenvalue weighted by atomic mass is 32.2. The summed E-state index contributed by atoms with van der Waals surface area (Å²) in [4.78, 5) is 19.1. The van der Waals surface area contributed by atoms with Gasteiger partial charge >= 0.3 is 0 Å². The average molecular weight is 330 g/mol. The number of carbonyl (C=O) groups is 1. The molecule has 0 bridgehead atoms. The molecule has 1 aromatic rings. The van der Waals surface area contributed by atoms with Crippen LogP contribution in [0.1, 0.15) is 28.9 Å². The van der Waals surface area contributed by atoms with E-state index in [0.29, 0.717) is 17.2 Å². The van der Waals surface area contributed by atoms with E-state index in [1.165, 1.54) is 24.2 Å². The maximum atomic E-state index is 12.1. The van der Waals surface area contributed by atoms with Crippen molar-refractivity contribution in [1.82, 2.24) is 10.3 Å². The van der Waals surface area contributed by atoms with Crippen LogP contribution >= 0.6 is 23.1 Å². The Labute approximate surface area is 133 Å². The number of amides is 1. The number of anilines is 2. The van der Waals surface area contributed by atoms with Crippen LogP contribution in [-0.2, 0) is 0 Å². The van der Waals surface area contributed by atoms with E-state index in [2.05, 4.69) is 15.2 Å². The minimum absolute atomic E-state index is 0.141. The third kappa shape index (κ3) is 4.76. The van der Waals surface area contributed by atoms with Gasteiger partial charge in [-0.25, -0.2) is 4.98 Å². The van der Waals surface area contributed by atoms with Gasteiger partial charge in [0.1, 0.15) is 10.7 Å². The van der Waals surface area contributed by atoms with Gasteiger partial charge in [-0.05, 0) is 25.0 Å². The molecule has 2 heterocycles. The highest BCUT2D eigenvalue weighted by molar-refractivity contribution is 7.99. The predicted octanol–water partition coefficient (Wildman–Crippen LogP) is 1.17. The topological polar surface area (TPSA) is 91.5 Å². The lowest BCUT2D eigenvalue weighted by Crippen LogP contribution is -2.25. The molecule has 6 nitrogen and oxygen atoms in total. The summed E-state index contributed by atoms with van der Waals surface area (Å²) in [6.45, 7) is 2.81. The quantitative estimate of drug-likeness (QED) is 0.620. The number of hydrogen-bond donors (Lipinski definition) is 3. The van der Waals surface area contributed by atoms with Crippen LogP contribution in [0.5, 0.6) is 0 Å². The van der Waals surface area contributed by atoms with Gasteiger partial charge in [-0.15, -0.1) is 0 Å². The summed E-state index contributed by atoms with van der Waals surface area (Å²) >= 11 is 3.09. The number of nitrogens with one attached hydrogen (secondary N) is 1. The van der Waals surface area contributed by atoms with Crippen molar-refractivity contribution in [3.63, 3.8) is 0 Å². The number of carbonyl (C=O) groups excluding carboxylic acids is 1. The number of thiazole rings is 1. The zero-order valence-corrected chi connectivity index (χ0v) is 13.6. The zero-order valence-electron chi connectivity index (χ0n) is 12.0. The third-order valence-electron chi connectivity index (χ3n) is 3.20. The van der Waals surface area contributed by atoms with E-state index < -0.39 is 0 Å². The number of aliphatic hydroxyl groups is 1. The number of nitrogens with two attached hydrogens (primary N) is 1. The van der Waals surface area contributed by atoms with Crippen LogP contribution in [0.4, 0.5) is 10.9 Å². The molecule has 0 spiro atoms. The van der Waals surface area contributed by atoms with Crippen molar-refractivity contribution in [2.45, 2.75) is 19.3 Å². The van der Waals surface area contributed by atoms with Crippen LogP contribution < -0.4 is 16.0 Å². The Balaban J connectivity index is 1.79. The normalized spacial score (nSPS) is 14.6. The zero-order chi connectivity index (χ0) is 15.1. The standard InChI is InChI=1S/C13H22N4O2S2/c14-11-10(12(19)15-4-9-20-8-3-7-18)21-13(16-11)17-5-1-2-6-17/h18H,1-9,14H2,(H,15,19). The van der Waals surface area contributed by atoms with E-state index in [-0.39, 0.29) is 12.5 Å². The Bertz CT molecular complexity index is 461. The highest BCUT2D eigenvalue weighted by Gasteiger charge is 2.21. The molecule has 0 aromatic carbocycles. The van der Waals surface area contributed by atoms with Gasteiger partial charge in [0, 0.05) is 32.0 Å². The minimum Gasteiger partial charge on any atom is -0.396 e. The van der Waals surface area contributed by atoms with Gasteiger partial charge in [0.05, 0.1) is 0 Å². The highest BCUT2D eigenvalue weighted by Crippen LogP contribution is 2.30. The summed E-state index contributed by atoms with van der Waals surface area (Å²) in [7, 11) is 0. The lowest BCUT2D eigenvalue weighted by atomic mass is 10.4. The lowest BCUT2D eigenvalue weighted by molar-refractivity contribution is 0.0961. The van der Waals surface area contributed by atoms with Crippen LogP contribution in [0.3, 0.4) is 0 Å². The SMILES string of the molecule is Nc1nc(N2CCCC2)sc1C(=O)NCCSCCCO. The number of aliphatic hydroxyl groups excluding tert-OH is 1. The number of rotatable bonds is 8. The summed E-state index contributed by atoms with van der Waals surface area (Å²) in [5, 5.41) is 12.4. The second kappa shape index (κ2) is 8.45. The first-order valence-corrected chi connectivity index (χ1v) is 9.17. The monoisotopic (exact) mass is 330 g/mol. The van der Waals surface area contributed by atoms with Gasteiger partial charge in [-0.3, -0.25) is 4.79 Å². The molecule has 2 rings (SSSR count). The molecule has 0 radical (unpaired) electrons. The van der Waals surface area contributed by atoms with Crippen LogP contribution in [0, 0.1) is 0 Å². The minimum atomic E-state index is -0.141. The van der Waals surface area contributed by atoms with Crippen molar-refractivity contribution >= 4 is 40.0 Å². The first-order valence-electron chi connectivity index (χ1n) is 7.20. The molecule has 0 saturated carbocycles. The third-order valence-corrected chi connectivity index (χ3v) is 5.40. The van der Waals surface area contributed by atoms with E-state index in [9.17, 15) is 4.79 Å². The summed E-state index contributed by atoms with van der Waals surface area (Å²) in [5.41, 5.74) is 5.86. The number of nitrogens with zero attached hydrogens (tertiary/aromatic N) is 2. The molecule has 0 atom stereocenters. The second-order valence-electron chi connectivity index (χ2n) is 4.85. The number of nitrogen functional groups attached to an aromatic ring is 1. The van der Waals surface area contributed by atoms with Gasteiger partial charge in [0.25, 0.3) is 5.91 Å². The van der Waals surface area contributed by atoms with Gasteiger partial charge in [-0.2, -0.15) is 11.8 Å². The fourth-order valence-electron chi connectivity index (χ4n) is 2.11. The predicted molar refractivity (Wildman–Crippen MR) is 89.3 cm³/mol. The van der Waals surface area contributed by atoms with E-state index >= 15 is 0 Å². The Hall–Kier alpha value is -0.990. The molecule has 1 aliphatic rings. The molecule has 1 amide bonds. The fraction of sp³-hybridized carbons (Fsp3) is 0.692. The fourth-order valence-corrected chi connectivity index (χ4v) is 3.85. The smallest absolute Gasteiger partial charge is 0.265 e. The molecule has 8 heteroatoms. The molecule has 21 heavy (non-hydrogen) atoms. The van der Waals surface area contributed by atoms with Gasteiger partial charge in [0.2, 0.25) is 0 Å². The Morgan fingerprint density at radius 3 is 2.90 bits per heavy atom. The van der Waals surface area contributed by atoms with E-state index in [1.54, 1.807) is 11.8 Å². The van der Waals surface area contributed by atoms with E-state index in [4.69, 9.17) is 10.8 Å². The number of hydrogen-bond acceptors (Lipinski definition) is 7. The summed E-state index contributed by atoms with van der Waals surface area (Å²) in [6.07, 6.45) is 3.14. The molecule has 118 valence electrons. The summed E-state index contributed by atoms with van der Waals surface area (Å²) in [5.74, 6) is 1.93. The average Bonchev–Trinajstić information content (AvgIpc) is 3.11.